The fourth-order valence-electron chi connectivity index (χ4n) is 2.22. The molecule has 1 aliphatic carbocycles. The Hall–Kier alpha value is -0.610. The molecule has 0 unspecified atom stereocenters. The first-order valence-corrected chi connectivity index (χ1v) is 6.91. The summed E-state index contributed by atoms with van der Waals surface area (Å²) in [6, 6.07) is 2.42. The van der Waals surface area contributed by atoms with Gasteiger partial charge in [-0.3, -0.25) is 0 Å². The molecule has 0 bridgehead atoms. The molecule has 1 aromatic rings. The molecule has 1 aliphatic rings. The van der Waals surface area contributed by atoms with E-state index in [0.717, 1.165) is 5.75 Å². The quantitative estimate of drug-likeness (QED) is 0.830. The Balaban J connectivity index is 2.04. The van der Waals surface area contributed by atoms with Crippen LogP contribution in [0.4, 0.5) is 8.78 Å². The van der Waals surface area contributed by atoms with Crippen LogP contribution in [0.15, 0.2) is 17.0 Å². The SMILES string of the molecule is OCc1cc(F)c(SCC2CCCC2)c(F)c1. The molecule has 0 aliphatic heterocycles. The summed E-state index contributed by atoms with van der Waals surface area (Å²) in [6.45, 7) is -0.332. The van der Waals surface area contributed by atoms with Crippen LogP contribution in [0.1, 0.15) is 31.2 Å². The zero-order chi connectivity index (χ0) is 12.3. The predicted octanol–water partition coefficient (Wildman–Crippen LogP) is 3.74. The topological polar surface area (TPSA) is 20.2 Å². The minimum absolute atomic E-state index is 0.0918. The Morgan fingerprint density at radius 1 is 1.18 bits per heavy atom. The van der Waals surface area contributed by atoms with Gasteiger partial charge in [-0.15, -0.1) is 11.8 Å². The first-order chi connectivity index (χ1) is 8.20. The van der Waals surface area contributed by atoms with Crippen LogP contribution in [-0.2, 0) is 6.61 Å². The molecule has 0 amide bonds. The van der Waals surface area contributed by atoms with Crippen molar-refractivity contribution in [1.29, 1.82) is 0 Å². The Labute approximate surface area is 104 Å². The van der Waals surface area contributed by atoms with Crippen LogP contribution >= 0.6 is 11.8 Å². The molecule has 1 aromatic carbocycles. The average Bonchev–Trinajstić information content (AvgIpc) is 2.80. The smallest absolute Gasteiger partial charge is 0.140 e. The lowest BCUT2D eigenvalue weighted by atomic mass is 10.1. The lowest BCUT2D eigenvalue weighted by Gasteiger charge is -2.10. The standard InChI is InChI=1S/C13H16F2OS/c14-11-5-10(7-16)6-12(15)13(11)17-8-9-3-1-2-4-9/h5-6,9,16H,1-4,7-8H2. The fraction of sp³-hybridized carbons (Fsp3) is 0.538. The number of aliphatic hydroxyl groups is 1. The van der Waals surface area contributed by atoms with Crippen molar-refractivity contribution in [3.05, 3.63) is 29.3 Å². The maximum atomic E-state index is 13.6. The summed E-state index contributed by atoms with van der Waals surface area (Å²) in [5, 5.41) is 8.84. The highest BCUT2D eigenvalue weighted by molar-refractivity contribution is 7.99. The number of aliphatic hydroxyl groups excluding tert-OH is 1. The van der Waals surface area contributed by atoms with Gasteiger partial charge in [0.2, 0.25) is 0 Å². The molecule has 0 radical (unpaired) electrons. The first-order valence-electron chi connectivity index (χ1n) is 5.92. The zero-order valence-corrected chi connectivity index (χ0v) is 10.4. The lowest BCUT2D eigenvalue weighted by Crippen LogP contribution is -1.99. The average molecular weight is 258 g/mol. The van der Waals surface area contributed by atoms with Crippen molar-refractivity contribution in [2.75, 3.05) is 5.75 Å². The highest BCUT2D eigenvalue weighted by Gasteiger charge is 2.18. The number of halogens is 2. The maximum absolute atomic E-state index is 13.6. The van der Waals surface area contributed by atoms with E-state index in [1.807, 2.05) is 0 Å². The Kier molecular flexibility index (Phi) is 4.40. The molecule has 1 saturated carbocycles. The van der Waals surface area contributed by atoms with E-state index in [0.29, 0.717) is 5.92 Å². The number of hydrogen-bond acceptors (Lipinski definition) is 2. The number of rotatable bonds is 4. The molecule has 0 saturated heterocycles. The van der Waals surface area contributed by atoms with Gasteiger partial charge in [0, 0.05) is 5.75 Å². The van der Waals surface area contributed by atoms with E-state index in [1.165, 1.54) is 49.6 Å². The molecular weight excluding hydrogens is 242 g/mol. The first kappa shape index (κ1) is 12.8. The molecule has 0 heterocycles. The Morgan fingerprint density at radius 2 is 1.76 bits per heavy atom. The molecule has 17 heavy (non-hydrogen) atoms. The van der Waals surface area contributed by atoms with Crippen LogP contribution in [-0.4, -0.2) is 10.9 Å². The largest absolute Gasteiger partial charge is 0.392 e. The predicted molar refractivity (Wildman–Crippen MR) is 65.0 cm³/mol. The highest BCUT2D eigenvalue weighted by atomic mass is 32.2. The van der Waals surface area contributed by atoms with Crippen molar-refractivity contribution >= 4 is 11.8 Å². The van der Waals surface area contributed by atoms with Gasteiger partial charge in [-0.2, -0.15) is 0 Å². The lowest BCUT2D eigenvalue weighted by molar-refractivity contribution is 0.280. The molecule has 1 N–H and O–H groups in total. The minimum atomic E-state index is -0.558. The van der Waals surface area contributed by atoms with E-state index < -0.39 is 11.6 Å². The van der Waals surface area contributed by atoms with Crippen LogP contribution in [0.5, 0.6) is 0 Å². The van der Waals surface area contributed by atoms with Gasteiger partial charge < -0.3 is 5.11 Å². The summed E-state index contributed by atoms with van der Waals surface area (Å²) >= 11 is 1.26. The van der Waals surface area contributed by atoms with Gasteiger partial charge in [0.1, 0.15) is 11.6 Å². The number of benzene rings is 1. The molecule has 0 spiro atoms. The zero-order valence-electron chi connectivity index (χ0n) is 9.59. The summed E-state index contributed by atoms with van der Waals surface area (Å²) in [5.41, 5.74) is 0.283. The summed E-state index contributed by atoms with van der Waals surface area (Å²) in [5.74, 6) is 0.261. The Bertz CT molecular complexity index is 366. The Morgan fingerprint density at radius 3 is 2.29 bits per heavy atom. The van der Waals surface area contributed by atoms with E-state index in [4.69, 9.17) is 5.11 Å². The molecule has 94 valence electrons. The third kappa shape index (κ3) is 3.19. The minimum Gasteiger partial charge on any atom is -0.392 e. The molecule has 1 nitrogen and oxygen atoms in total. The normalized spacial score (nSPS) is 16.6. The van der Waals surface area contributed by atoms with Crippen LogP contribution in [0, 0.1) is 17.6 Å². The summed E-state index contributed by atoms with van der Waals surface area (Å²) in [7, 11) is 0. The van der Waals surface area contributed by atoms with Crippen molar-refractivity contribution in [3.8, 4) is 0 Å². The molecular formula is C13H16F2OS. The highest BCUT2D eigenvalue weighted by Crippen LogP contribution is 2.33. The van der Waals surface area contributed by atoms with Crippen LogP contribution in [0.25, 0.3) is 0 Å². The van der Waals surface area contributed by atoms with Gasteiger partial charge in [-0.1, -0.05) is 12.8 Å². The third-order valence-corrected chi connectivity index (χ3v) is 4.50. The fourth-order valence-corrected chi connectivity index (χ4v) is 3.35. The van der Waals surface area contributed by atoms with Crippen LogP contribution in [0.2, 0.25) is 0 Å². The molecule has 1 fully saturated rings. The van der Waals surface area contributed by atoms with Gasteiger partial charge in [-0.05, 0) is 36.5 Å². The summed E-state index contributed by atoms with van der Waals surface area (Å²) in [4.78, 5) is 0.0918. The number of hydrogen-bond donors (Lipinski definition) is 1. The second-order valence-corrected chi connectivity index (χ2v) is 5.54. The molecule has 2 rings (SSSR count). The van der Waals surface area contributed by atoms with Gasteiger partial charge in [0.25, 0.3) is 0 Å². The van der Waals surface area contributed by atoms with Crippen molar-refractivity contribution in [2.24, 2.45) is 5.92 Å². The molecule has 0 aromatic heterocycles. The third-order valence-electron chi connectivity index (χ3n) is 3.18. The molecule has 4 heteroatoms. The molecule has 0 atom stereocenters. The van der Waals surface area contributed by atoms with Crippen molar-refractivity contribution in [2.45, 2.75) is 37.2 Å². The van der Waals surface area contributed by atoms with E-state index in [2.05, 4.69) is 0 Å². The van der Waals surface area contributed by atoms with E-state index in [1.54, 1.807) is 0 Å². The maximum Gasteiger partial charge on any atom is 0.140 e. The van der Waals surface area contributed by atoms with Crippen molar-refractivity contribution in [3.63, 3.8) is 0 Å². The van der Waals surface area contributed by atoms with Gasteiger partial charge in [0.15, 0.2) is 0 Å². The van der Waals surface area contributed by atoms with Crippen molar-refractivity contribution < 1.29 is 13.9 Å². The van der Waals surface area contributed by atoms with E-state index in [9.17, 15) is 8.78 Å². The number of thioether (sulfide) groups is 1. The van der Waals surface area contributed by atoms with Gasteiger partial charge in [-0.25, -0.2) is 8.78 Å². The van der Waals surface area contributed by atoms with Crippen molar-refractivity contribution in [1.82, 2.24) is 0 Å². The van der Waals surface area contributed by atoms with Crippen LogP contribution < -0.4 is 0 Å². The van der Waals surface area contributed by atoms with E-state index >= 15 is 0 Å². The van der Waals surface area contributed by atoms with Crippen LogP contribution in [0.3, 0.4) is 0 Å². The summed E-state index contributed by atoms with van der Waals surface area (Å²) < 4.78 is 27.2. The second kappa shape index (κ2) is 5.83. The van der Waals surface area contributed by atoms with Gasteiger partial charge >= 0.3 is 0 Å². The van der Waals surface area contributed by atoms with E-state index in [-0.39, 0.29) is 17.1 Å². The monoisotopic (exact) mass is 258 g/mol. The second-order valence-electron chi connectivity index (χ2n) is 4.51. The van der Waals surface area contributed by atoms with Gasteiger partial charge in [0.05, 0.1) is 11.5 Å². The summed E-state index contributed by atoms with van der Waals surface area (Å²) in [6.07, 6.45) is 4.81.